The van der Waals surface area contributed by atoms with Gasteiger partial charge in [-0.25, -0.2) is 16.8 Å². The molecule has 0 aliphatic heterocycles. The van der Waals surface area contributed by atoms with E-state index < -0.39 is 42.6 Å². The van der Waals surface area contributed by atoms with E-state index in [2.05, 4.69) is 38.8 Å². The summed E-state index contributed by atoms with van der Waals surface area (Å²) >= 11 is 0. The number of hydrogen-bond acceptors (Lipinski definition) is 5. The highest BCUT2D eigenvalue weighted by Crippen LogP contribution is 2.55. The number of nitrogens with zero attached hydrogens (tertiary/aromatic N) is 1. The molecule has 0 aromatic rings. The van der Waals surface area contributed by atoms with Crippen LogP contribution >= 0.6 is 7.41 Å². The molecule has 0 amide bonds. The third-order valence-corrected chi connectivity index (χ3v) is 9.87. The highest BCUT2D eigenvalue weighted by molar-refractivity contribution is 8.05. The molecule has 0 saturated heterocycles. The molecule has 0 radical (unpaired) electrons. The summed E-state index contributed by atoms with van der Waals surface area (Å²) in [6, 6.07) is 0. The molecule has 0 unspecified atom stereocenters. The first-order valence-electron chi connectivity index (χ1n) is 7.78. The zero-order valence-corrected chi connectivity index (χ0v) is 18.2. The topological polar surface area (TPSA) is 83.6 Å². The fourth-order valence-corrected chi connectivity index (χ4v) is 6.73. The Hall–Kier alpha value is -0.170. The summed E-state index contributed by atoms with van der Waals surface area (Å²) in [6.07, 6.45) is 4.17. The molecule has 166 valence electrons. The van der Waals surface area contributed by atoms with Crippen molar-refractivity contribution in [3.63, 3.8) is 0 Å². The minimum atomic E-state index is -6.60. The van der Waals surface area contributed by atoms with Crippen LogP contribution in [0, 0.1) is 0 Å². The Bertz CT molecular complexity index is 602. The monoisotopic (exact) mass is 471 g/mol. The van der Waals surface area contributed by atoms with E-state index in [1.54, 1.807) is 0 Å². The van der Waals surface area contributed by atoms with Crippen molar-refractivity contribution in [2.45, 2.75) is 44.6 Å². The largest absolute Gasteiger partial charge is 0.512 e. The molecule has 0 aliphatic carbocycles. The van der Waals surface area contributed by atoms with Crippen molar-refractivity contribution in [2.24, 2.45) is 0 Å². The van der Waals surface area contributed by atoms with Crippen molar-refractivity contribution in [1.82, 2.24) is 8.80 Å². The maximum Gasteiger partial charge on any atom is 0.512 e. The maximum absolute atomic E-state index is 11.5. The van der Waals surface area contributed by atoms with Crippen LogP contribution in [0.25, 0.3) is 0 Å². The Labute approximate surface area is 157 Å². The molecule has 0 aromatic heterocycles. The molecule has 0 rings (SSSR count). The van der Waals surface area contributed by atoms with Gasteiger partial charge in [-0.15, -0.1) is 0 Å². The van der Waals surface area contributed by atoms with E-state index in [9.17, 15) is 43.2 Å². The maximum atomic E-state index is 11.5. The number of alkyl halides is 6. The minimum Gasteiger partial charge on any atom is -0.202 e. The van der Waals surface area contributed by atoms with Gasteiger partial charge < -0.3 is 0 Å². The van der Waals surface area contributed by atoms with Crippen molar-refractivity contribution in [3.8, 4) is 0 Å². The summed E-state index contributed by atoms with van der Waals surface area (Å²) in [5.41, 5.74) is -12.3. The average Bonchev–Trinajstić information content (AvgIpc) is 2.43. The van der Waals surface area contributed by atoms with Crippen LogP contribution in [0.2, 0.25) is 0 Å². The first kappa shape index (κ1) is 29.0. The van der Waals surface area contributed by atoms with E-state index in [0.717, 1.165) is 0 Å². The second kappa shape index (κ2) is 10.6. The van der Waals surface area contributed by atoms with Crippen LogP contribution in [0.5, 0.6) is 0 Å². The Morgan fingerprint density at radius 2 is 1.15 bits per heavy atom. The second-order valence-electron chi connectivity index (χ2n) is 5.82. The van der Waals surface area contributed by atoms with E-state index >= 15 is 0 Å². The lowest BCUT2D eigenvalue weighted by atomic mass is 10.4. The van der Waals surface area contributed by atoms with Gasteiger partial charge in [-0.2, -0.15) is 31.0 Å². The molecular formula is C12H26F6N2O4PS2+. The van der Waals surface area contributed by atoms with Gasteiger partial charge in [0.15, 0.2) is 0 Å². The predicted molar refractivity (Wildman–Crippen MR) is 94.5 cm³/mol. The lowest BCUT2D eigenvalue weighted by Crippen LogP contribution is -2.45. The van der Waals surface area contributed by atoms with Crippen LogP contribution in [-0.2, 0) is 20.0 Å². The number of unbranched alkanes of at least 4 members (excludes halogenated alkanes) is 1. The Balaban J connectivity index is 0. The zero-order valence-electron chi connectivity index (χ0n) is 15.6. The molecule has 0 aliphatic rings. The van der Waals surface area contributed by atoms with Crippen molar-refractivity contribution < 1.29 is 43.2 Å². The van der Waals surface area contributed by atoms with E-state index in [0.29, 0.717) is 0 Å². The van der Waals surface area contributed by atoms with Gasteiger partial charge in [0.2, 0.25) is 0 Å². The first-order valence-corrected chi connectivity index (χ1v) is 13.6. The second-order valence-corrected chi connectivity index (χ2v) is 13.7. The van der Waals surface area contributed by atoms with Crippen LogP contribution in [0.1, 0.15) is 33.6 Å². The number of nitrogens with one attached hydrogen (secondary N) is 1. The third kappa shape index (κ3) is 9.73. The van der Waals surface area contributed by atoms with Gasteiger partial charge in [0.05, 0.1) is 26.9 Å². The lowest BCUT2D eigenvalue weighted by Gasteiger charge is -2.29. The van der Waals surface area contributed by atoms with Gasteiger partial charge in [0.25, 0.3) is 0 Å². The standard InChI is InChI=1S/C10H25NP.C2HF6NO4S2/c1-6-9-10-12(4,5)11(7-2)8-3;3-1(4,5)14(10,11)9-15(12,13)2(6,7)8/h6-10H2,1-5H3;9H/q+1;. The third-order valence-electron chi connectivity index (χ3n) is 3.38. The molecule has 0 atom stereocenters. The normalized spacial score (nSPS) is 14.1. The molecule has 0 spiro atoms. The molecule has 0 bridgehead atoms. The summed E-state index contributed by atoms with van der Waals surface area (Å²) < 4.78 is 111. The number of rotatable bonds is 8. The predicted octanol–water partition coefficient (Wildman–Crippen LogP) is 3.60. The van der Waals surface area contributed by atoms with Gasteiger partial charge in [-0.05, 0) is 20.3 Å². The van der Waals surface area contributed by atoms with Crippen molar-refractivity contribution >= 4 is 27.5 Å². The summed E-state index contributed by atoms with van der Waals surface area (Å²) in [5, 5.41) is 0. The molecule has 1 N–H and O–H groups in total. The van der Waals surface area contributed by atoms with Crippen LogP contribution in [0.4, 0.5) is 26.3 Å². The smallest absolute Gasteiger partial charge is 0.202 e. The Morgan fingerprint density at radius 1 is 0.815 bits per heavy atom. The van der Waals surface area contributed by atoms with Crippen molar-refractivity contribution in [2.75, 3.05) is 32.6 Å². The highest BCUT2D eigenvalue weighted by Gasteiger charge is 2.55. The zero-order chi connectivity index (χ0) is 22.3. The molecule has 0 saturated carbocycles. The molecular weight excluding hydrogens is 445 g/mol. The summed E-state index contributed by atoms with van der Waals surface area (Å²) in [5.74, 6) is 0. The minimum absolute atomic E-state index is 0.493. The van der Waals surface area contributed by atoms with Gasteiger partial charge in [0.1, 0.15) is 0 Å². The Kier molecular flexibility index (Phi) is 11.4. The molecule has 0 heterocycles. The van der Waals surface area contributed by atoms with E-state index in [4.69, 9.17) is 0 Å². The van der Waals surface area contributed by atoms with Crippen LogP contribution in [0.3, 0.4) is 0 Å². The number of halogens is 6. The molecule has 6 nitrogen and oxygen atoms in total. The highest BCUT2D eigenvalue weighted by atomic mass is 32.3. The molecule has 27 heavy (non-hydrogen) atoms. The quantitative estimate of drug-likeness (QED) is 0.432. The van der Waals surface area contributed by atoms with Crippen LogP contribution in [0.15, 0.2) is 0 Å². The summed E-state index contributed by atoms with van der Waals surface area (Å²) in [7, 11) is -13.9. The van der Waals surface area contributed by atoms with Gasteiger partial charge in [-0.3, -0.25) is 0 Å². The fraction of sp³-hybridized carbons (Fsp3) is 1.00. The SMILES string of the molecule is CCCC[P+](C)(C)N(CC)CC.O=S(=O)(NS(=O)(=O)C(F)(F)F)C(F)(F)F. The van der Waals surface area contributed by atoms with Gasteiger partial charge in [-0.1, -0.05) is 17.5 Å². The van der Waals surface area contributed by atoms with E-state index in [1.165, 1.54) is 32.1 Å². The van der Waals surface area contributed by atoms with E-state index in [-0.39, 0.29) is 0 Å². The van der Waals surface area contributed by atoms with Crippen LogP contribution < -0.4 is 4.13 Å². The fourth-order valence-electron chi connectivity index (χ4n) is 1.91. The van der Waals surface area contributed by atoms with Gasteiger partial charge in [0, 0.05) is 13.1 Å². The molecule has 0 aromatic carbocycles. The average molecular weight is 471 g/mol. The lowest BCUT2D eigenvalue weighted by molar-refractivity contribution is -0.0476. The summed E-state index contributed by atoms with van der Waals surface area (Å²) in [6.45, 7) is 14.2. The summed E-state index contributed by atoms with van der Waals surface area (Å²) in [4.78, 5) is 0. The molecule has 0 fully saturated rings. The van der Waals surface area contributed by atoms with Gasteiger partial charge >= 0.3 is 31.1 Å². The Morgan fingerprint density at radius 3 is 1.37 bits per heavy atom. The first-order chi connectivity index (χ1) is 11.8. The van der Waals surface area contributed by atoms with Crippen LogP contribution in [-0.4, -0.2) is 65.1 Å². The van der Waals surface area contributed by atoms with Crippen molar-refractivity contribution in [1.29, 1.82) is 0 Å². The van der Waals surface area contributed by atoms with E-state index in [1.807, 2.05) is 0 Å². The van der Waals surface area contributed by atoms with Crippen molar-refractivity contribution in [3.05, 3.63) is 0 Å². The number of hydrogen-bond donors (Lipinski definition) is 1. The number of sulfonamides is 2. The molecule has 15 heteroatoms.